The van der Waals surface area contributed by atoms with Gasteiger partial charge in [0.1, 0.15) is 9.84 Å². The van der Waals surface area contributed by atoms with Gasteiger partial charge in [-0.25, -0.2) is 8.42 Å². The molecule has 0 aliphatic rings. The number of guanidine groups is 1. The first-order chi connectivity index (χ1) is 9.81. The lowest BCUT2D eigenvalue weighted by Gasteiger charge is -2.17. The molecule has 0 spiro atoms. The third kappa shape index (κ3) is 7.08. The molecule has 0 aliphatic heterocycles. The summed E-state index contributed by atoms with van der Waals surface area (Å²) in [5.74, 6) is 0.804. The summed E-state index contributed by atoms with van der Waals surface area (Å²) in [4.78, 5) is 8.44. The molecule has 1 aromatic rings. The van der Waals surface area contributed by atoms with Gasteiger partial charge in [0, 0.05) is 25.5 Å². The molecule has 0 fully saturated rings. The van der Waals surface area contributed by atoms with Crippen LogP contribution in [0.3, 0.4) is 0 Å². The first-order valence-corrected chi connectivity index (χ1v) is 8.93. The highest BCUT2D eigenvalue weighted by Crippen LogP contribution is 2.02. The fourth-order valence-corrected chi connectivity index (χ4v) is 2.54. The summed E-state index contributed by atoms with van der Waals surface area (Å²) >= 11 is 0. The molecule has 6 nitrogen and oxygen atoms in total. The molecule has 1 rings (SSSR count). The molecule has 0 radical (unpaired) electrons. The molecule has 1 unspecified atom stereocenters. The topological polar surface area (TPSA) is 83.4 Å². The van der Waals surface area contributed by atoms with E-state index in [0.717, 1.165) is 11.3 Å². The van der Waals surface area contributed by atoms with Crippen LogP contribution in [0.5, 0.6) is 0 Å². The molecule has 0 bridgehead atoms. The van der Waals surface area contributed by atoms with E-state index in [1.807, 2.05) is 26.0 Å². The fourth-order valence-electron chi connectivity index (χ4n) is 1.76. The zero-order valence-corrected chi connectivity index (χ0v) is 13.9. The van der Waals surface area contributed by atoms with Gasteiger partial charge < -0.3 is 10.6 Å². The van der Waals surface area contributed by atoms with E-state index >= 15 is 0 Å². The number of hydrogen-bond donors (Lipinski definition) is 2. The quantitative estimate of drug-likeness (QED) is 0.602. The van der Waals surface area contributed by atoms with Crippen molar-refractivity contribution in [2.75, 3.05) is 19.1 Å². The lowest BCUT2D eigenvalue weighted by Crippen LogP contribution is -2.42. The Labute approximate surface area is 127 Å². The summed E-state index contributed by atoms with van der Waals surface area (Å²) in [5.41, 5.74) is 2.08. The number of hydrogen-bond acceptors (Lipinski definition) is 4. The van der Waals surface area contributed by atoms with Gasteiger partial charge >= 0.3 is 0 Å². The van der Waals surface area contributed by atoms with Crippen molar-refractivity contribution in [3.8, 4) is 0 Å². The maximum atomic E-state index is 11.2. The third-order valence-electron chi connectivity index (χ3n) is 3.07. The third-order valence-corrected chi connectivity index (χ3v) is 4.05. The molecule has 0 saturated carbocycles. The van der Waals surface area contributed by atoms with Gasteiger partial charge in [0.05, 0.1) is 18.0 Å². The van der Waals surface area contributed by atoms with Gasteiger partial charge in [0.25, 0.3) is 0 Å². The van der Waals surface area contributed by atoms with E-state index in [9.17, 15) is 8.42 Å². The van der Waals surface area contributed by atoms with E-state index in [4.69, 9.17) is 0 Å². The summed E-state index contributed by atoms with van der Waals surface area (Å²) in [5, 5.41) is 6.36. The van der Waals surface area contributed by atoms with Crippen molar-refractivity contribution in [3.63, 3.8) is 0 Å². The molecular weight excluding hydrogens is 288 g/mol. The van der Waals surface area contributed by atoms with Gasteiger partial charge in [-0.1, -0.05) is 6.07 Å². The van der Waals surface area contributed by atoms with Crippen molar-refractivity contribution in [2.24, 2.45) is 4.99 Å². The van der Waals surface area contributed by atoms with E-state index in [1.54, 1.807) is 13.2 Å². The number of pyridine rings is 1. The summed E-state index contributed by atoms with van der Waals surface area (Å²) in [6, 6.07) is 3.93. The number of rotatable bonds is 6. The Morgan fingerprint density at radius 2 is 2.19 bits per heavy atom. The van der Waals surface area contributed by atoms with Gasteiger partial charge in [-0.3, -0.25) is 9.98 Å². The van der Waals surface area contributed by atoms with Crippen LogP contribution < -0.4 is 10.6 Å². The summed E-state index contributed by atoms with van der Waals surface area (Å²) in [6.07, 6.45) is 3.55. The lowest BCUT2D eigenvalue weighted by atomic mass is 10.2. The van der Waals surface area contributed by atoms with Crippen LogP contribution in [-0.4, -0.2) is 44.5 Å². The zero-order chi connectivity index (χ0) is 15.9. The zero-order valence-electron chi connectivity index (χ0n) is 13.0. The minimum Gasteiger partial charge on any atom is -0.354 e. The van der Waals surface area contributed by atoms with Crippen LogP contribution in [0.15, 0.2) is 23.3 Å². The Hall–Kier alpha value is -1.63. The highest BCUT2D eigenvalue weighted by Gasteiger charge is 2.09. The van der Waals surface area contributed by atoms with E-state index in [2.05, 4.69) is 20.6 Å². The summed E-state index contributed by atoms with van der Waals surface area (Å²) in [7, 11) is -1.25. The largest absolute Gasteiger partial charge is 0.354 e. The number of aliphatic imine (C=N–C) groups is 1. The SMILES string of the molecule is CN=C(NCc1ncccc1C)NC(C)CCS(C)(=O)=O. The van der Waals surface area contributed by atoms with Gasteiger partial charge in [0.15, 0.2) is 5.96 Å². The molecule has 1 aromatic heterocycles. The van der Waals surface area contributed by atoms with Crippen molar-refractivity contribution < 1.29 is 8.42 Å². The van der Waals surface area contributed by atoms with Crippen molar-refractivity contribution in [3.05, 3.63) is 29.6 Å². The Kier molecular flexibility index (Phi) is 6.61. The maximum absolute atomic E-state index is 11.2. The van der Waals surface area contributed by atoms with Crippen LogP contribution in [0.25, 0.3) is 0 Å². The molecule has 1 atom stereocenters. The number of nitrogens with one attached hydrogen (secondary N) is 2. The summed E-state index contributed by atoms with van der Waals surface area (Å²) in [6.45, 7) is 4.52. The Bertz CT molecular complexity index is 584. The first kappa shape index (κ1) is 17.4. The second-order valence-corrected chi connectivity index (χ2v) is 7.42. The average Bonchev–Trinajstić information content (AvgIpc) is 2.42. The van der Waals surface area contributed by atoms with Crippen molar-refractivity contribution >= 4 is 15.8 Å². The van der Waals surface area contributed by atoms with Crippen molar-refractivity contribution in [1.29, 1.82) is 0 Å². The highest BCUT2D eigenvalue weighted by molar-refractivity contribution is 7.90. The van der Waals surface area contributed by atoms with Crippen LogP contribution in [0.1, 0.15) is 24.6 Å². The molecule has 118 valence electrons. The van der Waals surface area contributed by atoms with E-state index in [-0.39, 0.29) is 11.8 Å². The van der Waals surface area contributed by atoms with Crippen LogP contribution in [0.4, 0.5) is 0 Å². The molecule has 0 aromatic carbocycles. The molecular formula is C14H24N4O2S. The Morgan fingerprint density at radius 1 is 1.48 bits per heavy atom. The van der Waals surface area contributed by atoms with Gasteiger partial charge in [-0.15, -0.1) is 0 Å². The normalized spacial score (nSPS) is 13.8. The Balaban J connectivity index is 2.47. The van der Waals surface area contributed by atoms with Crippen LogP contribution in [-0.2, 0) is 16.4 Å². The minimum absolute atomic E-state index is 0.0238. The van der Waals surface area contributed by atoms with Crippen LogP contribution in [0, 0.1) is 6.92 Å². The smallest absolute Gasteiger partial charge is 0.191 e. The predicted octanol–water partition coefficient (Wildman–Crippen LogP) is 0.878. The molecule has 0 amide bonds. The predicted molar refractivity (Wildman–Crippen MR) is 86.1 cm³/mol. The molecule has 0 saturated heterocycles. The summed E-state index contributed by atoms with van der Waals surface area (Å²) < 4.78 is 22.3. The molecule has 7 heteroatoms. The van der Waals surface area contributed by atoms with E-state index in [0.29, 0.717) is 18.9 Å². The van der Waals surface area contributed by atoms with E-state index < -0.39 is 9.84 Å². The first-order valence-electron chi connectivity index (χ1n) is 6.87. The van der Waals surface area contributed by atoms with Crippen molar-refractivity contribution in [1.82, 2.24) is 15.6 Å². The second-order valence-electron chi connectivity index (χ2n) is 5.16. The number of nitrogens with zero attached hydrogens (tertiary/aromatic N) is 2. The minimum atomic E-state index is -2.93. The highest BCUT2D eigenvalue weighted by atomic mass is 32.2. The van der Waals surface area contributed by atoms with Gasteiger partial charge in [-0.05, 0) is 31.9 Å². The van der Waals surface area contributed by atoms with E-state index in [1.165, 1.54) is 6.26 Å². The van der Waals surface area contributed by atoms with Crippen molar-refractivity contribution in [2.45, 2.75) is 32.9 Å². The standard InChI is InChI=1S/C14H24N4O2S/c1-11-6-5-8-16-13(11)10-17-14(15-3)18-12(2)7-9-21(4,19)20/h5-6,8,12H,7,9-10H2,1-4H3,(H2,15,17,18). The molecule has 0 aliphatic carbocycles. The molecule has 21 heavy (non-hydrogen) atoms. The molecule has 1 heterocycles. The number of aryl methyl sites for hydroxylation is 1. The monoisotopic (exact) mass is 312 g/mol. The number of sulfone groups is 1. The average molecular weight is 312 g/mol. The number of aromatic nitrogens is 1. The fraction of sp³-hybridized carbons (Fsp3) is 0.571. The van der Waals surface area contributed by atoms with Crippen LogP contribution >= 0.6 is 0 Å². The second kappa shape index (κ2) is 7.97. The lowest BCUT2D eigenvalue weighted by molar-refractivity contribution is 0.581. The molecule has 2 N–H and O–H groups in total. The Morgan fingerprint density at radius 3 is 2.76 bits per heavy atom. The van der Waals surface area contributed by atoms with Crippen LogP contribution in [0.2, 0.25) is 0 Å². The maximum Gasteiger partial charge on any atom is 0.191 e. The van der Waals surface area contributed by atoms with Gasteiger partial charge in [0.2, 0.25) is 0 Å². The van der Waals surface area contributed by atoms with Gasteiger partial charge in [-0.2, -0.15) is 0 Å².